The second-order valence-electron chi connectivity index (χ2n) is 3.20. The molecular weight excluding hydrogens is 154 g/mol. The molecule has 0 aliphatic heterocycles. The van der Waals surface area contributed by atoms with Crippen LogP contribution in [0.25, 0.3) is 0 Å². The molecule has 0 amide bonds. The van der Waals surface area contributed by atoms with Crippen LogP contribution in [-0.4, -0.2) is 24.2 Å². The third kappa shape index (κ3) is 2.34. The lowest BCUT2D eigenvalue weighted by atomic mass is 9.79. The van der Waals surface area contributed by atoms with Crippen molar-refractivity contribution in [3.63, 3.8) is 0 Å². The van der Waals surface area contributed by atoms with Gasteiger partial charge in [-0.1, -0.05) is 12.5 Å². The molecule has 12 heavy (non-hydrogen) atoms. The highest BCUT2D eigenvalue weighted by Crippen LogP contribution is 2.29. The van der Waals surface area contributed by atoms with Gasteiger partial charge < -0.3 is 10.4 Å². The molecule has 1 aliphatic carbocycles. The molecule has 0 saturated heterocycles. The van der Waals surface area contributed by atoms with Crippen molar-refractivity contribution in [2.24, 2.45) is 5.92 Å². The fourth-order valence-electron chi connectivity index (χ4n) is 1.47. The fourth-order valence-corrected chi connectivity index (χ4v) is 1.47. The van der Waals surface area contributed by atoms with Crippen LogP contribution < -0.4 is 5.32 Å². The van der Waals surface area contributed by atoms with Gasteiger partial charge in [-0.25, -0.2) is 4.79 Å². The van der Waals surface area contributed by atoms with Crippen LogP contribution in [0.15, 0.2) is 12.2 Å². The molecule has 1 fully saturated rings. The average molecular weight is 169 g/mol. The van der Waals surface area contributed by atoms with Crippen LogP contribution in [0.1, 0.15) is 19.3 Å². The van der Waals surface area contributed by atoms with Crippen LogP contribution >= 0.6 is 0 Å². The lowest BCUT2D eigenvalue weighted by Gasteiger charge is -2.31. The SMILES string of the molecule is CNC(/C=C/C(=O)O)C1CCC1. The Morgan fingerprint density at radius 3 is 2.67 bits per heavy atom. The number of aliphatic carboxylic acids is 1. The minimum atomic E-state index is -0.866. The summed E-state index contributed by atoms with van der Waals surface area (Å²) in [7, 11) is 1.87. The van der Waals surface area contributed by atoms with Crippen LogP contribution in [0.5, 0.6) is 0 Å². The normalized spacial score (nSPS) is 20.8. The molecule has 0 spiro atoms. The number of rotatable bonds is 4. The summed E-state index contributed by atoms with van der Waals surface area (Å²) in [6, 6.07) is 0.245. The number of carboxylic acids is 1. The van der Waals surface area contributed by atoms with E-state index in [4.69, 9.17) is 5.11 Å². The zero-order chi connectivity index (χ0) is 8.97. The topological polar surface area (TPSA) is 49.3 Å². The first kappa shape index (κ1) is 9.26. The molecule has 3 heteroatoms. The van der Waals surface area contributed by atoms with Crippen molar-refractivity contribution in [1.82, 2.24) is 5.32 Å². The van der Waals surface area contributed by atoms with Gasteiger partial charge in [-0.3, -0.25) is 0 Å². The average Bonchev–Trinajstić information content (AvgIpc) is 1.93. The standard InChI is InChI=1S/C9H15NO2/c1-10-8(5-6-9(11)12)7-3-2-4-7/h5-8,10H,2-4H2,1H3,(H,11,12)/b6-5+. The predicted octanol–water partition coefficient (Wildman–Crippen LogP) is 1.02. The Bertz CT molecular complexity index is 185. The largest absolute Gasteiger partial charge is 0.478 e. The third-order valence-corrected chi connectivity index (χ3v) is 2.44. The summed E-state index contributed by atoms with van der Waals surface area (Å²) in [6.07, 6.45) is 6.68. The smallest absolute Gasteiger partial charge is 0.328 e. The van der Waals surface area contributed by atoms with Gasteiger partial charge in [-0.2, -0.15) is 0 Å². The summed E-state index contributed by atoms with van der Waals surface area (Å²) in [4.78, 5) is 10.2. The van der Waals surface area contributed by atoms with E-state index >= 15 is 0 Å². The Kier molecular flexibility index (Phi) is 3.29. The van der Waals surface area contributed by atoms with Gasteiger partial charge in [0.2, 0.25) is 0 Å². The Labute approximate surface area is 72.5 Å². The molecule has 1 saturated carbocycles. The number of carbonyl (C=O) groups is 1. The molecule has 0 aromatic heterocycles. The van der Waals surface area contributed by atoms with Gasteiger partial charge in [-0.15, -0.1) is 0 Å². The minimum Gasteiger partial charge on any atom is -0.478 e. The van der Waals surface area contributed by atoms with E-state index in [9.17, 15) is 4.79 Å². The lowest BCUT2D eigenvalue weighted by Crippen LogP contribution is -2.35. The second kappa shape index (κ2) is 4.26. The summed E-state index contributed by atoms with van der Waals surface area (Å²) < 4.78 is 0. The van der Waals surface area contributed by atoms with Gasteiger partial charge in [0.25, 0.3) is 0 Å². The highest BCUT2D eigenvalue weighted by molar-refractivity contribution is 5.79. The van der Waals surface area contributed by atoms with Crippen LogP contribution in [-0.2, 0) is 4.79 Å². The lowest BCUT2D eigenvalue weighted by molar-refractivity contribution is -0.131. The number of hydrogen-bond donors (Lipinski definition) is 2. The highest BCUT2D eigenvalue weighted by Gasteiger charge is 2.23. The van der Waals surface area contributed by atoms with Gasteiger partial charge in [0, 0.05) is 12.1 Å². The van der Waals surface area contributed by atoms with Crippen molar-refractivity contribution < 1.29 is 9.90 Å². The van der Waals surface area contributed by atoms with Crippen LogP contribution in [0.4, 0.5) is 0 Å². The van der Waals surface area contributed by atoms with Gasteiger partial charge in [0.05, 0.1) is 0 Å². The maximum Gasteiger partial charge on any atom is 0.328 e. The van der Waals surface area contributed by atoms with Gasteiger partial charge in [0.1, 0.15) is 0 Å². The molecule has 0 aromatic carbocycles. The molecule has 0 heterocycles. The van der Waals surface area contributed by atoms with Gasteiger partial charge >= 0.3 is 5.97 Å². The monoisotopic (exact) mass is 169 g/mol. The van der Waals surface area contributed by atoms with E-state index in [1.165, 1.54) is 25.3 Å². The first-order valence-electron chi connectivity index (χ1n) is 4.32. The summed E-state index contributed by atoms with van der Waals surface area (Å²) in [5, 5.41) is 11.5. The molecule has 2 N–H and O–H groups in total. The molecule has 1 atom stereocenters. The number of nitrogens with one attached hydrogen (secondary N) is 1. The predicted molar refractivity (Wildman–Crippen MR) is 47.0 cm³/mol. The summed E-state index contributed by atoms with van der Waals surface area (Å²) in [5.41, 5.74) is 0. The van der Waals surface area contributed by atoms with Crippen LogP contribution in [0.2, 0.25) is 0 Å². The molecule has 1 unspecified atom stereocenters. The van der Waals surface area contributed by atoms with Crippen molar-refractivity contribution in [3.8, 4) is 0 Å². The van der Waals surface area contributed by atoms with E-state index in [2.05, 4.69) is 5.32 Å². The van der Waals surface area contributed by atoms with E-state index in [1.807, 2.05) is 7.05 Å². The van der Waals surface area contributed by atoms with E-state index < -0.39 is 5.97 Å². The Hall–Kier alpha value is -0.830. The summed E-state index contributed by atoms with van der Waals surface area (Å²) in [6.45, 7) is 0. The van der Waals surface area contributed by atoms with E-state index in [1.54, 1.807) is 6.08 Å². The van der Waals surface area contributed by atoms with E-state index in [0.717, 1.165) is 0 Å². The molecular formula is C9H15NO2. The Morgan fingerprint density at radius 2 is 2.33 bits per heavy atom. The number of likely N-dealkylation sites (N-methyl/N-ethyl adjacent to an activating group) is 1. The fraction of sp³-hybridized carbons (Fsp3) is 0.667. The quantitative estimate of drug-likeness (QED) is 0.618. The zero-order valence-corrected chi connectivity index (χ0v) is 7.29. The summed E-state index contributed by atoms with van der Waals surface area (Å²) in [5.74, 6) is -0.222. The number of carboxylic acid groups (broad SMARTS) is 1. The highest BCUT2D eigenvalue weighted by atomic mass is 16.4. The first-order valence-corrected chi connectivity index (χ1v) is 4.32. The molecule has 0 radical (unpaired) electrons. The molecule has 1 aliphatic rings. The number of hydrogen-bond acceptors (Lipinski definition) is 2. The molecule has 0 bridgehead atoms. The maximum atomic E-state index is 10.2. The van der Waals surface area contributed by atoms with Crippen molar-refractivity contribution >= 4 is 5.97 Å². The molecule has 68 valence electrons. The Balaban J connectivity index is 2.38. The van der Waals surface area contributed by atoms with E-state index in [0.29, 0.717) is 5.92 Å². The molecule has 3 nitrogen and oxygen atoms in total. The molecule has 1 rings (SSSR count). The Morgan fingerprint density at radius 1 is 1.67 bits per heavy atom. The van der Waals surface area contributed by atoms with Crippen molar-refractivity contribution in [2.75, 3.05) is 7.05 Å². The first-order chi connectivity index (χ1) is 5.74. The van der Waals surface area contributed by atoms with Gasteiger partial charge in [0.15, 0.2) is 0 Å². The minimum absolute atomic E-state index is 0.245. The third-order valence-electron chi connectivity index (χ3n) is 2.44. The summed E-state index contributed by atoms with van der Waals surface area (Å²) >= 11 is 0. The van der Waals surface area contributed by atoms with Crippen LogP contribution in [0, 0.1) is 5.92 Å². The van der Waals surface area contributed by atoms with Crippen molar-refractivity contribution in [3.05, 3.63) is 12.2 Å². The molecule has 0 aromatic rings. The second-order valence-corrected chi connectivity index (χ2v) is 3.20. The van der Waals surface area contributed by atoms with Crippen molar-refractivity contribution in [2.45, 2.75) is 25.3 Å². The zero-order valence-electron chi connectivity index (χ0n) is 7.29. The maximum absolute atomic E-state index is 10.2. The van der Waals surface area contributed by atoms with E-state index in [-0.39, 0.29) is 6.04 Å². The van der Waals surface area contributed by atoms with Crippen molar-refractivity contribution in [1.29, 1.82) is 0 Å². The van der Waals surface area contributed by atoms with Crippen LogP contribution in [0.3, 0.4) is 0 Å². The van der Waals surface area contributed by atoms with Gasteiger partial charge in [-0.05, 0) is 25.8 Å².